The molecule has 1 saturated heterocycles. The molecule has 0 bridgehead atoms. The van der Waals surface area contributed by atoms with Crippen molar-refractivity contribution in [3.63, 3.8) is 0 Å². The van der Waals surface area contributed by atoms with Gasteiger partial charge in [-0.2, -0.15) is 0 Å². The molecule has 0 aromatic heterocycles. The summed E-state index contributed by atoms with van der Waals surface area (Å²) in [6, 6.07) is 2.86. The van der Waals surface area contributed by atoms with Crippen LogP contribution in [0.15, 0.2) is 12.1 Å². The molecule has 0 unspecified atom stereocenters. The molecule has 1 aromatic rings. The summed E-state index contributed by atoms with van der Waals surface area (Å²) in [5.74, 6) is -0.814. The fourth-order valence-electron chi connectivity index (χ4n) is 2.73. The molecule has 0 atom stereocenters. The molecule has 28 heavy (non-hydrogen) atoms. The number of rotatable bonds is 4. The topological polar surface area (TPSA) is 96.4 Å². The summed E-state index contributed by atoms with van der Waals surface area (Å²) in [7, 11) is 1.45. The first-order valence-electron chi connectivity index (χ1n) is 9.29. The van der Waals surface area contributed by atoms with E-state index in [1.54, 1.807) is 4.90 Å². The van der Waals surface area contributed by atoms with E-state index in [0.717, 1.165) is 0 Å². The molecule has 1 amide bonds. The molecule has 1 N–H and O–H groups in total. The average Bonchev–Trinajstić information content (AvgIpc) is 2.67. The second-order valence-corrected chi connectivity index (χ2v) is 6.99. The third kappa shape index (κ3) is 5.87. The number of methoxy groups -OCH3 is 1. The monoisotopic (exact) mass is 394 g/mol. The van der Waals surface area contributed by atoms with Crippen molar-refractivity contribution < 1.29 is 29.0 Å². The molecule has 2 rings (SSSR count). The van der Waals surface area contributed by atoms with Gasteiger partial charge in [0.25, 0.3) is 0 Å². The highest BCUT2D eigenvalue weighted by Crippen LogP contribution is 2.32. The summed E-state index contributed by atoms with van der Waals surface area (Å²) in [5.41, 5.74) is 0.0578. The van der Waals surface area contributed by atoms with Gasteiger partial charge in [0.15, 0.2) is 6.29 Å². The lowest BCUT2D eigenvalue weighted by Crippen LogP contribution is -2.50. The number of carbonyl (C=O) groups excluding carboxylic acids is 2. The Bertz CT molecular complexity index is 703. The van der Waals surface area contributed by atoms with E-state index in [9.17, 15) is 19.5 Å². The molecule has 8 nitrogen and oxygen atoms in total. The first-order chi connectivity index (χ1) is 13.2. The number of hydrogen-bond acceptors (Lipinski definition) is 6. The van der Waals surface area contributed by atoms with E-state index in [1.165, 1.54) is 19.2 Å². The van der Waals surface area contributed by atoms with Gasteiger partial charge in [0.05, 0.1) is 18.4 Å². The molecule has 1 aromatic carbocycles. The van der Waals surface area contributed by atoms with E-state index in [-0.39, 0.29) is 17.2 Å². The molecular weight excluding hydrogens is 364 g/mol. The fraction of sp³-hybridized carbons (Fsp3) is 0.550. The van der Waals surface area contributed by atoms with Crippen LogP contribution in [0.5, 0.6) is 5.75 Å². The number of anilines is 1. The highest BCUT2D eigenvalue weighted by molar-refractivity contribution is 5.99. The van der Waals surface area contributed by atoms with Crippen LogP contribution in [0.25, 0.3) is 0 Å². The van der Waals surface area contributed by atoms with Gasteiger partial charge in [-0.25, -0.2) is 9.59 Å². The van der Waals surface area contributed by atoms with Gasteiger partial charge >= 0.3 is 12.1 Å². The van der Waals surface area contributed by atoms with Crippen molar-refractivity contribution in [1.82, 2.24) is 4.90 Å². The van der Waals surface area contributed by atoms with E-state index in [4.69, 9.17) is 9.47 Å². The average molecular weight is 394 g/mol. The Morgan fingerprint density at radius 3 is 2.11 bits per heavy atom. The first-order valence-corrected chi connectivity index (χ1v) is 9.29. The Morgan fingerprint density at radius 1 is 1.11 bits per heavy atom. The van der Waals surface area contributed by atoms with E-state index in [0.29, 0.717) is 43.9 Å². The van der Waals surface area contributed by atoms with E-state index in [1.807, 2.05) is 39.5 Å². The highest BCUT2D eigenvalue weighted by Gasteiger charge is 2.27. The Kier molecular flexibility index (Phi) is 8.28. The number of carboxylic acids is 1. The molecule has 0 saturated carbocycles. The number of nitrogens with zero attached hydrogens (tertiary/aromatic N) is 2. The number of aldehydes is 1. The van der Waals surface area contributed by atoms with Crippen LogP contribution in [0.4, 0.5) is 10.5 Å². The number of carbonyl (C=O) groups is 3. The molecule has 1 aliphatic heterocycles. The van der Waals surface area contributed by atoms with Crippen molar-refractivity contribution in [1.29, 1.82) is 0 Å². The van der Waals surface area contributed by atoms with Crippen LogP contribution in [-0.2, 0) is 4.74 Å². The Labute approximate surface area is 166 Å². The molecule has 1 heterocycles. The number of aromatic carboxylic acids is 1. The van der Waals surface area contributed by atoms with Crippen LogP contribution in [0.1, 0.15) is 55.3 Å². The van der Waals surface area contributed by atoms with Gasteiger partial charge in [0, 0.05) is 31.7 Å². The van der Waals surface area contributed by atoms with Crippen LogP contribution in [0.3, 0.4) is 0 Å². The van der Waals surface area contributed by atoms with Gasteiger partial charge in [-0.1, -0.05) is 13.8 Å². The van der Waals surface area contributed by atoms with Crippen LogP contribution in [0, 0.1) is 0 Å². The maximum Gasteiger partial charge on any atom is 0.410 e. The smallest absolute Gasteiger partial charge is 0.410 e. The van der Waals surface area contributed by atoms with Crippen molar-refractivity contribution in [2.24, 2.45) is 0 Å². The summed E-state index contributed by atoms with van der Waals surface area (Å²) in [4.78, 5) is 38.3. The minimum absolute atomic E-state index is 0.0860. The lowest BCUT2D eigenvalue weighted by atomic mass is 10.1. The van der Waals surface area contributed by atoms with Gasteiger partial charge in [-0.15, -0.1) is 0 Å². The number of amides is 1. The zero-order valence-corrected chi connectivity index (χ0v) is 17.4. The van der Waals surface area contributed by atoms with Gasteiger partial charge < -0.3 is 24.4 Å². The van der Waals surface area contributed by atoms with Crippen molar-refractivity contribution >= 4 is 24.0 Å². The maximum atomic E-state index is 12.1. The Hall–Kier alpha value is -2.77. The molecule has 8 heteroatoms. The number of piperazine rings is 1. The Morgan fingerprint density at radius 2 is 1.68 bits per heavy atom. The number of benzene rings is 1. The van der Waals surface area contributed by atoms with Crippen molar-refractivity contribution in [2.45, 2.75) is 40.2 Å². The quantitative estimate of drug-likeness (QED) is 0.783. The SMILES string of the molecule is CC.COc1cc(C(=O)O)c(C=O)cc1N1CCN(C(=O)OC(C)(C)C)CC1. The minimum atomic E-state index is -1.19. The Balaban J connectivity index is 0.00000190. The lowest BCUT2D eigenvalue weighted by molar-refractivity contribution is 0.0240. The van der Waals surface area contributed by atoms with E-state index >= 15 is 0 Å². The molecule has 0 spiro atoms. The van der Waals surface area contributed by atoms with Crippen molar-refractivity contribution in [2.75, 3.05) is 38.2 Å². The van der Waals surface area contributed by atoms with Crippen LogP contribution < -0.4 is 9.64 Å². The molecule has 156 valence electrons. The first kappa shape index (κ1) is 23.3. The van der Waals surface area contributed by atoms with Crippen molar-refractivity contribution in [3.8, 4) is 5.75 Å². The van der Waals surface area contributed by atoms with E-state index < -0.39 is 11.6 Å². The largest absolute Gasteiger partial charge is 0.495 e. The minimum Gasteiger partial charge on any atom is -0.495 e. The number of hydrogen-bond donors (Lipinski definition) is 1. The van der Waals surface area contributed by atoms with Gasteiger partial charge in [0.2, 0.25) is 0 Å². The summed E-state index contributed by atoms with van der Waals surface area (Å²) in [6.07, 6.45) is 0.155. The third-order valence-electron chi connectivity index (χ3n) is 3.98. The predicted octanol–water partition coefficient (Wildman–Crippen LogP) is 3.29. The summed E-state index contributed by atoms with van der Waals surface area (Å²) >= 11 is 0. The zero-order chi connectivity index (χ0) is 21.5. The highest BCUT2D eigenvalue weighted by atomic mass is 16.6. The normalized spacial score (nSPS) is 13.9. The fourth-order valence-corrected chi connectivity index (χ4v) is 2.73. The standard InChI is InChI=1S/C18H24N2O6.C2H6/c1-18(2,3)26-17(24)20-7-5-19(6-8-20)14-9-12(11-21)13(16(22)23)10-15(14)25-4;1-2/h9-11H,5-8H2,1-4H3,(H,22,23);1-2H3. The molecule has 0 radical (unpaired) electrons. The third-order valence-corrected chi connectivity index (χ3v) is 3.98. The van der Waals surface area contributed by atoms with Gasteiger partial charge in [-0.3, -0.25) is 4.79 Å². The number of carboxylic acid groups (broad SMARTS) is 1. The molecule has 1 fully saturated rings. The second-order valence-electron chi connectivity index (χ2n) is 6.99. The predicted molar refractivity (Wildman–Crippen MR) is 107 cm³/mol. The lowest BCUT2D eigenvalue weighted by Gasteiger charge is -2.37. The maximum absolute atomic E-state index is 12.1. The van der Waals surface area contributed by atoms with Crippen LogP contribution in [0.2, 0.25) is 0 Å². The summed E-state index contributed by atoms with van der Waals surface area (Å²) in [5, 5.41) is 9.22. The van der Waals surface area contributed by atoms with Gasteiger partial charge in [-0.05, 0) is 32.9 Å². The van der Waals surface area contributed by atoms with E-state index in [2.05, 4.69) is 0 Å². The molecular formula is C20H30N2O6. The van der Waals surface area contributed by atoms with Crippen LogP contribution >= 0.6 is 0 Å². The number of ether oxygens (including phenoxy) is 2. The molecule has 0 aliphatic carbocycles. The second kappa shape index (κ2) is 9.96. The molecule has 1 aliphatic rings. The van der Waals surface area contributed by atoms with Crippen LogP contribution in [-0.4, -0.2) is 67.2 Å². The van der Waals surface area contributed by atoms with Gasteiger partial charge in [0.1, 0.15) is 11.4 Å². The summed E-state index contributed by atoms with van der Waals surface area (Å²) < 4.78 is 10.7. The zero-order valence-electron chi connectivity index (χ0n) is 17.4. The van der Waals surface area contributed by atoms with Crippen molar-refractivity contribution in [3.05, 3.63) is 23.3 Å². The summed E-state index contributed by atoms with van der Waals surface area (Å²) in [6.45, 7) is 11.4.